The highest BCUT2D eigenvalue weighted by Gasteiger charge is 2.19. The number of nitrogens with zero attached hydrogens (tertiary/aromatic N) is 2. The molecule has 2 aromatic carbocycles. The van der Waals surface area contributed by atoms with E-state index in [1.807, 2.05) is 46.9 Å². The number of fused-ring (bicyclic) bond motifs is 1. The first kappa shape index (κ1) is 19.1. The summed E-state index contributed by atoms with van der Waals surface area (Å²) in [5.41, 5.74) is 5.11. The fraction of sp³-hybridized carbons (Fsp3) is 0.160. The number of nitriles is 1. The van der Waals surface area contributed by atoms with E-state index in [-0.39, 0.29) is 0 Å². The molecule has 0 saturated carbocycles. The zero-order valence-electron chi connectivity index (χ0n) is 16.1. The molecule has 144 valence electrons. The van der Waals surface area contributed by atoms with Crippen molar-refractivity contribution in [3.8, 4) is 6.07 Å². The molecule has 3 nitrogen and oxygen atoms in total. The van der Waals surface area contributed by atoms with Crippen LogP contribution in [-0.4, -0.2) is 10.9 Å². The van der Waals surface area contributed by atoms with Crippen LogP contribution < -0.4 is 5.32 Å². The van der Waals surface area contributed by atoms with Crippen LogP contribution in [0.1, 0.15) is 22.3 Å². The van der Waals surface area contributed by atoms with Crippen LogP contribution in [0.5, 0.6) is 0 Å². The van der Waals surface area contributed by atoms with Crippen molar-refractivity contribution in [2.45, 2.75) is 19.3 Å². The van der Waals surface area contributed by atoms with Gasteiger partial charge in [-0.1, -0.05) is 78.3 Å². The number of nitrogens with one attached hydrogen (secondary N) is 1. The van der Waals surface area contributed by atoms with Crippen LogP contribution in [0.25, 0.3) is 5.52 Å². The maximum atomic E-state index is 9.89. The maximum absolute atomic E-state index is 9.89. The van der Waals surface area contributed by atoms with Gasteiger partial charge in [0.2, 0.25) is 0 Å². The molecule has 0 aliphatic carbocycles. The van der Waals surface area contributed by atoms with E-state index in [2.05, 4.69) is 47.8 Å². The molecule has 4 heteroatoms. The largest absolute Gasteiger partial charge is 0.371 e. The molecular formula is C25H22ClN3. The number of hydrogen-bond acceptors (Lipinski definition) is 2. The first-order valence-corrected chi connectivity index (χ1v) is 10.2. The summed E-state index contributed by atoms with van der Waals surface area (Å²) in [6, 6.07) is 28.9. The molecule has 0 fully saturated rings. The molecule has 0 radical (unpaired) electrons. The number of rotatable bonds is 7. The summed E-state index contributed by atoms with van der Waals surface area (Å²) >= 11 is 6.53. The van der Waals surface area contributed by atoms with E-state index in [0.717, 1.165) is 42.7 Å². The summed E-state index contributed by atoms with van der Waals surface area (Å²) in [6.07, 6.45) is 2.55. The molecule has 0 spiro atoms. The molecule has 0 atom stereocenters. The number of pyridine rings is 1. The van der Waals surface area contributed by atoms with Crippen LogP contribution >= 0.6 is 11.6 Å². The van der Waals surface area contributed by atoms with Gasteiger partial charge < -0.3 is 5.32 Å². The van der Waals surface area contributed by atoms with E-state index < -0.39 is 0 Å². The zero-order valence-corrected chi connectivity index (χ0v) is 16.9. The van der Waals surface area contributed by atoms with E-state index in [1.54, 1.807) is 0 Å². The molecular weight excluding hydrogens is 378 g/mol. The van der Waals surface area contributed by atoms with Gasteiger partial charge in [-0.05, 0) is 42.5 Å². The van der Waals surface area contributed by atoms with Crippen LogP contribution in [0.15, 0.2) is 78.9 Å². The lowest BCUT2D eigenvalue weighted by molar-refractivity contribution is 0.939. The summed E-state index contributed by atoms with van der Waals surface area (Å²) < 4.78 is 1.96. The van der Waals surface area contributed by atoms with Crippen molar-refractivity contribution in [1.29, 1.82) is 5.26 Å². The van der Waals surface area contributed by atoms with E-state index in [4.69, 9.17) is 11.6 Å². The normalized spacial score (nSPS) is 10.8. The average Bonchev–Trinajstić information content (AvgIpc) is 3.07. The summed E-state index contributed by atoms with van der Waals surface area (Å²) in [4.78, 5) is 0. The van der Waals surface area contributed by atoms with Crippen molar-refractivity contribution in [2.75, 3.05) is 11.9 Å². The van der Waals surface area contributed by atoms with Crippen molar-refractivity contribution in [1.82, 2.24) is 4.40 Å². The Morgan fingerprint density at radius 3 is 2.10 bits per heavy atom. The maximum Gasteiger partial charge on any atom is 0.116 e. The van der Waals surface area contributed by atoms with Gasteiger partial charge in [-0.2, -0.15) is 5.26 Å². The molecule has 2 heterocycles. The van der Waals surface area contributed by atoms with E-state index in [1.165, 1.54) is 11.1 Å². The van der Waals surface area contributed by atoms with Crippen LogP contribution in [0.3, 0.4) is 0 Å². The third-order valence-electron chi connectivity index (χ3n) is 5.18. The molecule has 0 aliphatic rings. The minimum absolute atomic E-state index is 0.604. The standard InChI is InChI=1S/C25H22ClN3/c26-24-13-7-12-23-22(18-27)21(15-14-19-8-3-1-4-9-19)25(29(23)24)28-17-16-20-10-5-2-6-11-20/h1-13,28H,14-17H2. The van der Waals surface area contributed by atoms with Gasteiger partial charge in [0.15, 0.2) is 0 Å². The Kier molecular flexibility index (Phi) is 5.84. The van der Waals surface area contributed by atoms with Crippen molar-refractivity contribution in [2.24, 2.45) is 0 Å². The lowest BCUT2D eigenvalue weighted by Crippen LogP contribution is -2.09. The van der Waals surface area contributed by atoms with E-state index in [0.29, 0.717) is 10.7 Å². The molecule has 4 rings (SSSR count). The van der Waals surface area contributed by atoms with E-state index in [9.17, 15) is 5.26 Å². The highest BCUT2D eigenvalue weighted by molar-refractivity contribution is 6.30. The summed E-state index contributed by atoms with van der Waals surface area (Å²) in [7, 11) is 0. The smallest absolute Gasteiger partial charge is 0.116 e. The number of halogens is 1. The second-order valence-corrected chi connectivity index (χ2v) is 7.42. The van der Waals surface area contributed by atoms with Crippen LogP contribution in [-0.2, 0) is 19.3 Å². The predicted molar refractivity (Wildman–Crippen MR) is 120 cm³/mol. The number of hydrogen-bond donors (Lipinski definition) is 1. The van der Waals surface area contributed by atoms with Crippen molar-refractivity contribution < 1.29 is 0 Å². The Morgan fingerprint density at radius 2 is 1.45 bits per heavy atom. The molecule has 2 aromatic heterocycles. The second-order valence-electron chi connectivity index (χ2n) is 7.03. The average molecular weight is 400 g/mol. The number of anilines is 1. The minimum atomic E-state index is 0.604. The third kappa shape index (κ3) is 4.13. The SMILES string of the molecule is N#Cc1c(CCc2ccccc2)c(NCCc2ccccc2)n2c(Cl)cccc12. The fourth-order valence-corrected chi connectivity index (χ4v) is 4.00. The zero-order chi connectivity index (χ0) is 20.1. The highest BCUT2D eigenvalue weighted by Crippen LogP contribution is 2.32. The van der Waals surface area contributed by atoms with Crippen molar-refractivity contribution in [3.63, 3.8) is 0 Å². The summed E-state index contributed by atoms with van der Waals surface area (Å²) in [6.45, 7) is 0.768. The second kappa shape index (κ2) is 8.86. The minimum Gasteiger partial charge on any atom is -0.371 e. The Hall–Kier alpha value is -3.22. The van der Waals surface area contributed by atoms with Gasteiger partial charge in [0.05, 0.1) is 11.1 Å². The molecule has 29 heavy (non-hydrogen) atoms. The van der Waals surface area contributed by atoms with E-state index >= 15 is 0 Å². The molecule has 4 aromatic rings. The number of aromatic nitrogens is 1. The van der Waals surface area contributed by atoms with Crippen molar-refractivity contribution >= 4 is 22.9 Å². The fourth-order valence-electron chi connectivity index (χ4n) is 3.75. The Bertz CT molecular complexity index is 1140. The monoisotopic (exact) mass is 399 g/mol. The molecule has 1 N–H and O–H groups in total. The van der Waals surface area contributed by atoms with Gasteiger partial charge in [0.1, 0.15) is 17.0 Å². The molecule has 0 aliphatic heterocycles. The molecule has 0 amide bonds. The first-order chi connectivity index (χ1) is 14.3. The number of aryl methyl sites for hydroxylation is 1. The van der Waals surface area contributed by atoms with Crippen molar-refractivity contribution in [3.05, 3.63) is 106 Å². The lowest BCUT2D eigenvalue weighted by Gasteiger charge is -2.11. The van der Waals surface area contributed by atoms with Gasteiger partial charge in [-0.25, -0.2) is 0 Å². The third-order valence-corrected chi connectivity index (χ3v) is 5.47. The van der Waals surface area contributed by atoms with Crippen LogP contribution in [0, 0.1) is 11.3 Å². The molecule has 0 saturated heterocycles. The van der Waals surface area contributed by atoms with Gasteiger partial charge in [-0.15, -0.1) is 0 Å². The number of benzene rings is 2. The van der Waals surface area contributed by atoms with Gasteiger partial charge >= 0.3 is 0 Å². The Labute approximate surface area is 176 Å². The van der Waals surface area contributed by atoms with Crippen LogP contribution in [0.4, 0.5) is 5.82 Å². The summed E-state index contributed by atoms with van der Waals surface area (Å²) in [5, 5.41) is 14.1. The first-order valence-electron chi connectivity index (χ1n) is 9.81. The predicted octanol–water partition coefficient (Wildman–Crippen LogP) is 5.90. The van der Waals surface area contributed by atoms with Gasteiger partial charge in [0.25, 0.3) is 0 Å². The van der Waals surface area contributed by atoms with Crippen LogP contribution in [0.2, 0.25) is 5.15 Å². The Morgan fingerprint density at radius 1 is 0.793 bits per heavy atom. The highest BCUT2D eigenvalue weighted by atomic mass is 35.5. The van der Waals surface area contributed by atoms with Gasteiger partial charge in [0, 0.05) is 12.1 Å². The molecule has 0 bridgehead atoms. The molecule has 0 unspecified atom stereocenters. The quantitative estimate of drug-likeness (QED) is 0.393. The Balaban J connectivity index is 1.67. The summed E-state index contributed by atoms with van der Waals surface area (Å²) in [5.74, 6) is 0.925. The lowest BCUT2D eigenvalue weighted by atomic mass is 10.0. The van der Waals surface area contributed by atoms with Gasteiger partial charge in [-0.3, -0.25) is 4.40 Å². The topological polar surface area (TPSA) is 40.2 Å².